The summed E-state index contributed by atoms with van der Waals surface area (Å²) >= 11 is 0. The van der Waals surface area contributed by atoms with Gasteiger partial charge in [0.2, 0.25) is 5.91 Å². The van der Waals surface area contributed by atoms with Crippen LogP contribution < -0.4 is 11.1 Å². The molecule has 1 fully saturated rings. The molecule has 1 aliphatic carbocycles. The van der Waals surface area contributed by atoms with Crippen LogP contribution in [0.4, 0.5) is 5.69 Å². The minimum Gasteiger partial charge on any atom is -0.324 e. The van der Waals surface area contributed by atoms with Gasteiger partial charge in [0, 0.05) is 5.69 Å². The number of amides is 1. The molecule has 3 heteroatoms. The highest BCUT2D eigenvalue weighted by atomic mass is 16.2. The molecule has 1 aromatic carbocycles. The van der Waals surface area contributed by atoms with Crippen molar-refractivity contribution in [1.29, 1.82) is 0 Å². The topological polar surface area (TPSA) is 55.1 Å². The van der Waals surface area contributed by atoms with Gasteiger partial charge in [-0.05, 0) is 43.4 Å². The first-order chi connectivity index (χ1) is 9.14. The standard InChI is InChI=1S/C16H24N2O/c1-2-3-6-13-7-9-14(10-8-13)18-15(19)16(17)11-4-5-12-16/h7-10H,2-6,11-12,17H2,1H3,(H,18,19). The Hall–Kier alpha value is -1.35. The second-order valence-electron chi connectivity index (χ2n) is 5.62. The fraction of sp³-hybridized carbons (Fsp3) is 0.562. The number of carbonyl (C=O) groups excluding carboxylic acids is 1. The molecule has 1 saturated carbocycles. The van der Waals surface area contributed by atoms with Crippen molar-refractivity contribution in [3.05, 3.63) is 29.8 Å². The highest BCUT2D eigenvalue weighted by Gasteiger charge is 2.36. The Morgan fingerprint density at radius 3 is 2.47 bits per heavy atom. The molecule has 0 saturated heterocycles. The molecule has 3 N–H and O–H groups in total. The van der Waals surface area contributed by atoms with Crippen LogP contribution >= 0.6 is 0 Å². The van der Waals surface area contributed by atoms with Crippen molar-refractivity contribution in [2.45, 2.75) is 57.4 Å². The van der Waals surface area contributed by atoms with Gasteiger partial charge < -0.3 is 11.1 Å². The zero-order valence-electron chi connectivity index (χ0n) is 11.7. The molecule has 0 spiro atoms. The van der Waals surface area contributed by atoms with Crippen LogP contribution in [-0.4, -0.2) is 11.4 Å². The Balaban J connectivity index is 1.93. The molecule has 1 aliphatic rings. The van der Waals surface area contributed by atoms with Gasteiger partial charge in [-0.1, -0.05) is 38.3 Å². The van der Waals surface area contributed by atoms with Crippen LogP contribution in [0.25, 0.3) is 0 Å². The van der Waals surface area contributed by atoms with Crippen LogP contribution in [0.3, 0.4) is 0 Å². The zero-order chi connectivity index (χ0) is 13.7. The lowest BCUT2D eigenvalue weighted by Crippen LogP contribution is -2.48. The number of anilines is 1. The fourth-order valence-electron chi connectivity index (χ4n) is 2.62. The van der Waals surface area contributed by atoms with Gasteiger partial charge in [0.25, 0.3) is 0 Å². The van der Waals surface area contributed by atoms with E-state index in [0.717, 1.165) is 37.8 Å². The fourth-order valence-corrected chi connectivity index (χ4v) is 2.62. The minimum absolute atomic E-state index is 0.0358. The van der Waals surface area contributed by atoms with E-state index in [9.17, 15) is 4.79 Å². The minimum atomic E-state index is -0.652. The Bertz CT molecular complexity index is 419. The SMILES string of the molecule is CCCCc1ccc(NC(=O)C2(N)CCCC2)cc1. The maximum absolute atomic E-state index is 12.2. The van der Waals surface area contributed by atoms with E-state index in [-0.39, 0.29) is 5.91 Å². The second kappa shape index (κ2) is 6.20. The van der Waals surface area contributed by atoms with Gasteiger partial charge >= 0.3 is 0 Å². The molecule has 0 aliphatic heterocycles. The van der Waals surface area contributed by atoms with E-state index in [1.807, 2.05) is 12.1 Å². The van der Waals surface area contributed by atoms with Crippen LogP contribution in [-0.2, 0) is 11.2 Å². The average Bonchev–Trinajstić information content (AvgIpc) is 2.86. The van der Waals surface area contributed by atoms with Crippen LogP contribution in [0.5, 0.6) is 0 Å². The number of nitrogens with two attached hydrogens (primary N) is 1. The summed E-state index contributed by atoms with van der Waals surface area (Å²) in [5.41, 5.74) is 7.65. The first kappa shape index (κ1) is 14.1. The van der Waals surface area contributed by atoms with Crippen molar-refractivity contribution >= 4 is 11.6 Å². The average molecular weight is 260 g/mol. The number of aryl methyl sites for hydroxylation is 1. The number of rotatable bonds is 5. The number of hydrogen-bond donors (Lipinski definition) is 2. The molecule has 0 aromatic heterocycles. The summed E-state index contributed by atoms with van der Waals surface area (Å²) in [5, 5.41) is 2.94. The van der Waals surface area contributed by atoms with Crippen molar-refractivity contribution < 1.29 is 4.79 Å². The molecular weight excluding hydrogens is 236 g/mol. The van der Waals surface area contributed by atoms with Gasteiger partial charge in [-0.2, -0.15) is 0 Å². The largest absolute Gasteiger partial charge is 0.324 e. The van der Waals surface area contributed by atoms with Crippen molar-refractivity contribution in [1.82, 2.24) is 0 Å². The lowest BCUT2D eigenvalue weighted by molar-refractivity contribution is -0.121. The molecule has 0 radical (unpaired) electrons. The molecule has 0 heterocycles. The lowest BCUT2D eigenvalue weighted by Gasteiger charge is -2.22. The normalized spacial score (nSPS) is 17.4. The third-order valence-corrected chi connectivity index (χ3v) is 3.98. The van der Waals surface area contributed by atoms with Gasteiger partial charge in [0.05, 0.1) is 5.54 Å². The van der Waals surface area contributed by atoms with Crippen molar-refractivity contribution in [3.8, 4) is 0 Å². The van der Waals surface area contributed by atoms with E-state index < -0.39 is 5.54 Å². The molecule has 1 aromatic rings. The summed E-state index contributed by atoms with van der Waals surface area (Å²) in [4.78, 5) is 12.2. The summed E-state index contributed by atoms with van der Waals surface area (Å²) in [6, 6.07) is 8.12. The van der Waals surface area contributed by atoms with Crippen LogP contribution in [0.1, 0.15) is 51.0 Å². The third kappa shape index (κ3) is 3.57. The van der Waals surface area contributed by atoms with Crippen molar-refractivity contribution in [2.24, 2.45) is 5.73 Å². The lowest BCUT2D eigenvalue weighted by atomic mass is 9.98. The Kier molecular flexibility index (Phi) is 4.59. The highest BCUT2D eigenvalue weighted by molar-refractivity contribution is 5.98. The number of carbonyl (C=O) groups is 1. The smallest absolute Gasteiger partial charge is 0.244 e. The molecular formula is C16H24N2O. The predicted molar refractivity (Wildman–Crippen MR) is 79.1 cm³/mol. The number of unbranched alkanes of at least 4 members (excludes halogenated alkanes) is 1. The zero-order valence-corrected chi connectivity index (χ0v) is 11.7. The summed E-state index contributed by atoms with van der Waals surface area (Å²) in [7, 11) is 0. The second-order valence-corrected chi connectivity index (χ2v) is 5.62. The maximum Gasteiger partial charge on any atom is 0.244 e. The maximum atomic E-state index is 12.2. The van der Waals surface area contributed by atoms with E-state index >= 15 is 0 Å². The van der Waals surface area contributed by atoms with Crippen molar-refractivity contribution in [3.63, 3.8) is 0 Å². The molecule has 104 valence electrons. The van der Waals surface area contributed by atoms with Gasteiger partial charge in [-0.15, -0.1) is 0 Å². The quantitative estimate of drug-likeness (QED) is 0.854. The number of benzene rings is 1. The van der Waals surface area contributed by atoms with E-state index in [1.165, 1.54) is 18.4 Å². The molecule has 2 rings (SSSR count). The third-order valence-electron chi connectivity index (χ3n) is 3.98. The molecule has 0 atom stereocenters. The monoisotopic (exact) mass is 260 g/mol. The molecule has 19 heavy (non-hydrogen) atoms. The highest BCUT2D eigenvalue weighted by Crippen LogP contribution is 2.28. The Morgan fingerprint density at radius 1 is 1.26 bits per heavy atom. The van der Waals surface area contributed by atoms with Gasteiger partial charge in [0.1, 0.15) is 0 Å². The van der Waals surface area contributed by atoms with Crippen LogP contribution in [0.15, 0.2) is 24.3 Å². The number of hydrogen-bond acceptors (Lipinski definition) is 2. The van der Waals surface area contributed by atoms with E-state index in [2.05, 4.69) is 24.4 Å². The Morgan fingerprint density at radius 2 is 1.89 bits per heavy atom. The number of nitrogens with one attached hydrogen (secondary N) is 1. The van der Waals surface area contributed by atoms with Crippen molar-refractivity contribution in [2.75, 3.05) is 5.32 Å². The predicted octanol–water partition coefficient (Wildman–Crippen LogP) is 3.24. The van der Waals surface area contributed by atoms with Gasteiger partial charge in [0.15, 0.2) is 0 Å². The van der Waals surface area contributed by atoms with E-state index in [4.69, 9.17) is 5.73 Å². The summed E-state index contributed by atoms with van der Waals surface area (Å²) in [5.74, 6) is -0.0358. The molecule has 1 amide bonds. The van der Waals surface area contributed by atoms with E-state index in [0.29, 0.717) is 0 Å². The van der Waals surface area contributed by atoms with Crippen LogP contribution in [0.2, 0.25) is 0 Å². The molecule has 3 nitrogen and oxygen atoms in total. The molecule has 0 unspecified atom stereocenters. The summed E-state index contributed by atoms with van der Waals surface area (Å²) in [6.07, 6.45) is 7.22. The van der Waals surface area contributed by atoms with Gasteiger partial charge in [-0.25, -0.2) is 0 Å². The summed E-state index contributed by atoms with van der Waals surface area (Å²) < 4.78 is 0. The first-order valence-corrected chi connectivity index (χ1v) is 7.33. The van der Waals surface area contributed by atoms with E-state index in [1.54, 1.807) is 0 Å². The first-order valence-electron chi connectivity index (χ1n) is 7.33. The molecule has 0 bridgehead atoms. The van der Waals surface area contributed by atoms with Crippen LogP contribution in [0, 0.1) is 0 Å². The summed E-state index contributed by atoms with van der Waals surface area (Å²) in [6.45, 7) is 2.19. The van der Waals surface area contributed by atoms with Gasteiger partial charge in [-0.3, -0.25) is 4.79 Å². The Labute approximate surface area is 115 Å².